The van der Waals surface area contributed by atoms with E-state index in [-0.39, 0.29) is 28.9 Å². The van der Waals surface area contributed by atoms with Crippen molar-refractivity contribution >= 4 is 28.8 Å². The van der Waals surface area contributed by atoms with Gasteiger partial charge in [-0.15, -0.1) is 0 Å². The van der Waals surface area contributed by atoms with Gasteiger partial charge in [-0.05, 0) is 44.8 Å². The molecule has 1 fully saturated rings. The number of nitrogens with one attached hydrogen (secondary N) is 3. The first-order chi connectivity index (χ1) is 18.1. The molecule has 204 valence electrons. The Bertz CT molecular complexity index is 1260. The third kappa shape index (κ3) is 8.33. The maximum atomic E-state index is 14.5. The van der Waals surface area contributed by atoms with Crippen molar-refractivity contribution in [1.29, 1.82) is 0 Å². The monoisotopic (exact) mass is 548 g/mol. The smallest absolute Gasteiger partial charge is 0.394 e. The minimum Gasteiger partial charge on any atom is -0.394 e. The zero-order chi connectivity index (χ0) is 27.7. The summed E-state index contributed by atoms with van der Waals surface area (Å²) in [6.07, 6.45) is 3.97. The van der Waals surface area contributed by atoms with Gasteiger partial charge in [0.15, 0.2) is 5.82 Å². The van der Waals surface area contributed by atoms with Crippen molar-refractivity contribution in [1.82, 2.24) is 19.6 Å². The van der Waals surface area contributed by atoms with Crippen molar-refractivity contribution < 1.29 is 17.6 Å². The first kappa shape index (κ1) is 29.2. The van der Waals surface area contributed by atoms with E-state index in [2.05, 4.69) is 39.4 Å². The van der Waals surface area contributed by atoms with Gasteiger partial charge < -0.3 is 25.3 Å². The minimum absolute atomic E-state index is 0.0454. The van der Waals surface area contributed by atoms with Crippen LogP contribution >= 0.6 is 11.8 Å². The van der Waals surface area contributed by atoms with Gasteiger partial charge in [-0.3, -0.25) is 0 Å². The second-order valence-electron chi connectivity index (χ2n) is 8.77. The number of alkyl halides is 4. The van der Waals surface area contributed by atoms with E-state index in [0.29, 0.717) is 24.3 Å². The summed E-state index contributed by atoms with van der Waals surface area (Å²) in [6, 6.07) is 8.87. The summed E-state index contributed by atoms with van der Waals surface area (Å²) < 4.78 is 55.9. The van der Waals surface area contributed by atoms with Crippen LogP contribution in [0.4, 0.5) is 29.1 Å². The van der Waals surface area contributed by atoms with Crippen molar-refractivity contribution in [3.05, 3.63) is 66.6 Å². The Labute approximate surface area is 224 Å². The lowest BCUT2D eigenvalue weighted by molar-refractivity contribution is -0.0329. The van der Waals surface area contributed by atoms with Crippen LogP contribution in [0.2, 0.25) is 0 Å². The highest BCUT2D eigenvalue weighted by atomic mass is 32.2. The molecule has 0 bridgehead atoms. The lowest BCUT2D eigenvalue weighted by Crippen LogP contribution is -2.46. The van der Waals surface area contributed by atoms with Crippen LogP contribution in [-0.2, 0) is 0 Å². The summed E-state index contributed by atoms with van der Waals surface area (Å²) >= 11 is -0.221. The quantitative estimate of drug-likeness (QED) is 0.214. The fourth-order valence-corrected chi connectivity index (χ4v) is 4.54. The van der Waals surface area contributed by atoms with Crippen LogP contribution in [0.15, 0.2) is 60.5 Å². The molecule has 2 aromatic heterocycles. The average Bonchev–Trinajstić information content (AvgIpc) is 3.21. The summed E-state index contributed by atoms with van der Waals surface area (Å²) in [5.74, 6) is 6.11. The van der Waals surface area contributed by atoms with Gasteiger partial charge >= 0.3 is 5.51 Å². The second-order valence-corrected chi connectivity index (χ2v) is 9.83. The standard InChI is InChI=1S/C24H25F4N5S.C3H7N/c1-16-5-7-18(8-6-16)29-10-3-4-17-14-21-22(31-20-9-12-32(2)15-19(20)25)30-11-13-33(21)23(17)34-24(26,27)28;1-3-4-2/h5-8,11,13-14,19-20,29H,9-10,12,15H2,1-2H3,(H,30,31);3-4H,1H2,2H3. The van der Waals surface area contributed by atoms with Gasteiger partial charge in [0.1, 0.15) is 11.2 Å². The summed E-state index contributed by atoms with van der Waals surface area (Å²) in [7, 11) is 3.67. The van der Waals surface area contributed by atoms with Crippen LogP contribution in [0.1, 0.15) is 17.5 Å². The number of likely N-dealkylation sites (tertiary alicyclic amines) is 1. The van der Waals surface area contributed by atoms with E-state index >= 15 is 0 Å². The normalized spacial score (nSPS) is 17.6. The molecule has 1 aliphatic rings. The zero-order valence-corrected chi connectivity index (χ0v) is 22.4. The van der Waals surface area contributed by atoms with Crippen molar-refractivity contribution in [3.63, 3.8) is 0 Å². The Morgan fingerprint density at radius 2 is 1.97 bits per heavy atom. The van der Waals surface area contributed by atoms with Crippen LogP contribution in [0.5, 0.6) is 0 Å². The SMILES string of the molecule is C=CNC.Cc1ccc(NCC#Cc2cc3c(NC4CCN(C)CC4F)nccn3c2SC(F)(F)F)cc1. The van der Waals surface area contributed by atoms with Gasteiger partial charge in [-0.1, -0.05) is 36.1 Å². The Hall–Kier alpha value is -3.36. The number of hydrogen-bond donors (Lipinski definition) is 3. The number of aromatic nitrogens is 2. The Morgan fingerprint density at radius 1 is 1.26 bits per heavy atom. The number of piperidine rings is 1. The Balaban J connectivity index is 0.000000934. The fourth-order valence-electron chi connectivity index (χ4n) is 3.84. The molecule has 0 radical (unpaired) electrons. The molecule has 3 aromatic rings. The van der Waals surface area contributed by atoms with E-state index in [1.54, 1.807) is 12.3 Å². The number of anilines is 2. The van der Waals surface area contributed by atoms with Crippen LogP contribution in [0.3, 0.4) is 0 Å². The number of thioether (sulfide) groups is 1. The molecule has 1 aliphatic heterocycles. The van der Waals surface area contributed by atoms with Gasteiger partial charge in [-0.2, -0.15) is 13.2 Å². The largest absolute Gasteiger partial charge is 0.447 e. The third-order valence-corrected chi connectivity index (χ3v) is 6.63. The van der Waals surface area contributed by atoms with Crippen molar-refractivity contribution in [3.8, 4) is 11.8 Å². The molecule has 1 saturated heterocycles. The average molecular weight is 549 g/mol. The van der Waals surface area contributed by atoms with Crippen LogP contribution in [-0.4, -0.2) is 65.7 Å². The first-order valence-electron chi connectivity index (χ1n) is 12.0. The minimum atomic E-state index is -4.49. The van der Waals surface area contributed by atoms with Gasteiger partial charge in [0.05, 0.1) is 23.7 Å². The van der Waals surface area contributed by atoms with Gasteiger partial charge in [-0.25, -0.2) is 9.37 Å². The van der Waals surface area contributed by atoms with Crippen LogP contribution < -0.4 is 16.0 Å². The number of hydrogen-bond acceptors (Lipinski definition) is 6. The summed E-state index contributed by atoms with van der Waals surface area (Å²) in [6.45, 7) is 6.64. The fraction of sp³-hybridized carbons (Fsp3) is 0.370. The highest BCUT2D eigenvalue weighted by Gasteiger charge is 2.33. The van der Waals surface area contributed by atoms with E-state index in [9.17, 15) is 17.6 Å². The second kappa shape index (κ2) is 13.4. The van der Waals surface area contributed by atoms with Crippen LogP contribution in [0, 0.1) is 18.8 Å². The Kier molecular flexibility index (Phi) is 10.3. The van der Waals surface area contributed by atoms with Crippen molar-refractivity contribution in [2.75, 3.05) is 44.4 Å². The third-order valence-electron chi connectivity index (χ3n) is 5.79. The lowest BCUT2D eigenvalue weighted by atomic mass is 10.0. The number of aryl methyl sites for hydroxylation is 1. The summed E-state index contributed by atoms with van der Waals surface area (Å²) in [4.78, 5) is 6.19. The van der Waals surface area contributed by atoms with Gasteiger partial charge in [0, 0.05) is 50.0 Å². The number of halogens is 4. The van der Waals surface area contributed by atoms with Crippen molar-refractivity contribution in [2.24, 2.45) is 0 Å². The van der Waals surface area contributed by atoms with E-state index in [0.717, 1.165) is 17.8 Å². The van der Waals surface area contributed by atoms with E-state index in [1.165, 1.54) is 16.8 Å². The molecule has 38 heavy (non-hydrogen) atoms. The summed E-state index contributed by atoms with van der Waals surface area (Å²) in [5, 5.41) is 8.89. The van der Waals surface area contributed by atoms with E-state index in [4.69, 9.17) is 0 Å². The maximum absolute atomic E-state index is 14.5. The molecular formula is C27H32F4N6S. The van der Waals surface area contributed by atoms with Crippen LogP contribution in [0.25, 0.3) is 5.52 Å². The molecule has 1 aromatic carbocycles. The van der Waals surface area contributed by atoms with E-state index < -0.39 is 17.7 Å². The molecule has 2 atom stereocenters. The Morgan fingerprint density at radius 3 is 2.61 bits per heavy atom. The molecular weight excluding hydrogens is 516 g/mol. The highest BCUT2D eigenvalue weighted by molar-refractivity contribution is 8.00. The van der Waals surface area contributed by atoms with Crippen molar-refractivity contribution in [2.45, 2.75) is 36.1 Å². The van der Waals surface area contributed by atoms with Gasteiger partial charge in [0.2, 0.25) is 0 Å². The molecule has 11 heteroatoms. The molecule has 4 rings (SSSR count). The number of nitrogens with zero attached hydrogens (tertiary/aromatic N) is 3. The molecule has 3 N–H and O–H groups in total. The highest BCUT2D eigenvalue weighted by Crippen LogP contribution is 2.40. The lowest BCUT2D eigenvalue weighted by Gasteiger charge is -2.33. The molecule has 3 heterocycles. The van der Waals surface area contributed by atoms with Gasteiger partial charge in [0.25, 0.3) is 0 Å². The topological polar surface area (TPSA) is 56.6 Å². The molecule has 0 amide bonds. The summed E-state index contributed by atoms with van der Waals surface area (Å²) in [5.41, 5.74) is -1.81. The maximum Gasteiger partial charge on any atom is 0.447 e. The molecule has 0 aliphatic carbocycles. The predicted molar refractivity (Wildman–Crippen MR) is 147 cm³/mol. The molecule has 2 unspecified atom stereocenters. The molecule has 0 spiro atoms. The number of fused-ring (bicyclic) bond motifs is 1. The van der Waals surface area contributed by atoms with E-state index in [1.807, 2.05) is 50.2 Å². The molecule has 0 saturated carbocycles. The number of rotatable bonds is 6. The first-order valence-corrected chi connectivity index (χ1v) is 12.9. The number of benzene rings is 1. The zero-order valence-electron chi connectivity index (χ0n) is 21.6. The molecule has 6 nitrogen and oxygen atoms in total. The predicted octanol–water partition coefficient (Wildman–Crippen LogP) is 5.52.